The van der Waals surface area contributed by atoms with E-state index in [1.165, 1.54) is 18.3 Å². The summed E-state index contributed by atoms with van der Waals surface area (Å²) in [5.41, 5.74) is -0.754. The summed E-state index contributed by atoms with van der Waals surface area (Å²) >= 11 is 5.45. The van der Waals surface area contributed by atoms with Gasteiger partial charge >= 0.3 is 12.3 Å². The van der Waals surface area contributed by atoms with Crippen LogP contribution in [-0.2, 0) is 6.18 Å². The zero-order chi connectivity index (χ0) is 12.5. The van der Waals surface area contributed by atoms with Crippen molar-refractivity contribution < 1.29 is 22.3 Å². The molecule has 0 bridgehead atoms. The zero-order valence-corrected chi connectivity index (χ0v) is 8.92. The van der Waals surface area contributed by atoms with Crippen LogP contribution in [0, 0.1) is 0 Å². The highest BCUT2D eigenvalue weighted by molar-refractivity contribution is 6.28. The molecule has 0 atom stereocenters. The highest BCUT2D eigenvalue weighted by Crippen LogP contribution is 2.31. The molecule has 0 fully saturated rings. The average molecular weight is 264 g/mol. The summed E-state index contributed by atoms with van der Waals surface area (Å²) in [5.74, 6) is 0.177. The molecule has 0 spiro atoms. The van der Waals surface area contributed by atoms with E-state index in [1.54, 1.807) is 0 Å². The van der Waals surface area contributed by atoms with Crippen LogP contribution in [0.5, 0.6) is 11.8 Å². The summed E-state index contributed by atoms with van der Waals surface area (Å²) < 4.78 is 46.6. The first-order valence-corrected chi connectivity index (χ1v) is 4.79. The maximum atomic E-state index is 12.3. The molecule has 2 rings (SSSR count). The number of rotatable bonds is 2. The van der Waals surface area contributed by atoms with E-state index in [4.69, 9.17) is 20.8 Å². The summed E-state index contributed by atoms with van der Waals surface area (Å²) in [6.07, 6.45) is -3.28. The maximum Gasteiger partial charge on any atom is 0.416 e. The molecule has 0 N–H and O–H groups in total. The fourth-order valence-corrected chi connectivity index (χ4v) is 1.21. The molecule has 0 radical (unpaired) electrons. The highest BCUT2D eigenvalue weighted by atomic mass is 35.5. The summed E-state index contributed by atoms with van der Waals surface area (Å²) in [6.45, 7) is 0. The first kappa shape index (κ1) is 11.8. The smallest absolute Gasteiger partial charge is 0.411 e. The van der Waals surface area contributed by atoms with E-state index in [-0.39, 0.29) is 17.0 Å². The van der Waals surface area contributed by atoms with Crippen molar-refractivity contribution in [3.05, 3.63) is 41.2 Å². The second kappa shape index (κ2) is 4.29. The second-order valence-electron chi connectivity index (χ2n) is 3.05. The minimum Gasteiger partial charge on any atom is -0.411 e. The van der Waals surface area contributed by atoms with Gasteiger partial charge in [-0.25, -0.2) is 0 Å². The Balaban J connectivity index is 2.13. The average Bonchev–Trinajstić information content (AvgIpc) is 2.63. The molecule has 3 nitrogen and oxygen atoms in total. The van der Waals surface area contributed by atoms with Crippen molar-refractivity contribution in [2.75, 3.05) is 0 Å². The summed E-state index contributed by atoms with van der Waals surface area (Å²) in [5, 5.41) is 0.0342. The Hall–Kier alpha value is -1.69. The summed E-state index contributed by atoms with van der Waals surface area (Å²) in [4.78, 5) is 3.64. The standard InChI is InChI=1S/C10H5ClF3NO2/c11-8-5-15-9(17-8)16-7-3-1-6(2-4-7)10(12,13)14/h1-5H. The molecule has 0 aliphatic heterocycles. The van der Waals surface area contributed by atoms with E-state index in [2.05, 4.69) is 4.98 Å². The lowest BCUT2D eigenvalue weighted by molar-refractivity contribution is -0.137. The minimum atomic E-state index is -4.37. The molecule has 7 heteroatoms. The van der Waals surface area contributed by atoms with Crippen LogP contribution in [0.2, 0.25) is 5.22 Å². The van der Waals surface area contributed by atoms with Gasteiger partial charge in [-0.1, -0.05) is 0 Å². The number of halogens is 4. The molecule has 0 saturated carbocycles. The molecule has 0 saturated heterocycles. The van der Waals surface area contributed by atoms with Crippen molar-refractivity contribution in [3.63, 3.8) is 0 Å². The first-order valence-electron chi connectivity index (χ1n) is 4.41. The minimum absolute atomic E-state index is 0.0342. The van der Waals surface area contributed by atoms with Crippen molar-refractivity contribution >= 4 is 11.6 Å². The van der Waals surface area contributed by atoms with Crippen LogP contribution in [0.25, 0.3) is 0 Å². The molecular weight excluding hydrogens is 259 g/mol. The number of hydrogen-bond donors (Lipinski definition) is 0. The van der Waals surface area contributed by atoms with Gasteiger partial charge in [0, 0.05) is 0 Å². The first-order chi connectivity index (χ1) is 7.95. The lowest BCUT2D eigenvalue weighted by atomic mass is 10.2. The van der Waals surface area contributed by atoms with Crippen LogP contribution < -0.4 is 4.74 Å². The SMILES string of the molecule is FC(F)(F)c1ccc(Oc2ncc(Cl)o2)cc1. The number of aromatic nitrogens is 1. The molecule has 1 aromatic heterocycles. The predicted octanol–water partition coefficient (Wildman–Crippen LogP) is 4.14. The number of nitrogens with zero attached hydrogens (tertiary/aromatic N) is 1. The second-order valence-corrected chi connectivity index (χ2v) is 3.43. The monoisotopic (exact) mass is 263 g/mol. The van der Waals surface area contributed by atoms with Crippen molar-refractivity contribution in [2.45, 2.75) is 6.18 Å². The molecule has 1 aromatic carbocycles. The van der Waals surface area contributed by atoms with Crippen LogP contribution in [0.4, 0.5) is 13.2 Å². The third-order valence-corrected chi connectivity index (χ3v) is 2.02. The zero-order valence-electron chi connectivity index (χ0n) is 8.16. The van der Waals surface area contributed by atoms with Gasteiger partial charge in [0.15, 0.2) is 0 Å². The van der Waals surface area contributed by atoms with Gasteiger partial charge in [0.25, 0.3) is 0 Å². The van der Waals surface area contributed by atoms with Gasteiger partial charge in [-0.15, -0.1) is 0 Å². The van der Waals surface area contributed by atoms with E-state index < -0.39 is 11.7 Å². The molecule has 0 aliphatic rings. The third-order valence-electron chi connectivity index (χ3n) is 1.84. The highest BCUT2D eigenvalue weighted by Gasteiger charge is 2.30. The number of oxazole rings is 1. The van der Waals surface area contributed by atoms with Gasteiger partial charge in [0.1, 0.15) is 5.75 Å². The fourth-order valence-electron chi connectivity index (χ4n) is 1.10. The maximum absolute atomic E-state index is 12.3. The van der Waals surface area contributed by atoms with E-state index in [9.17, 15) is 13.2 Å². The molecule has 1 heterocycles. The van der Waals surface area contributed by atoms with E-state index in [1.807, 2.05) is 0 Å². The van der Waals surface area contributed by atoms with Gasteiger partial charge < -0.3 is 9.15 Å². The van der Waals surface area contributed by atoms with Gasteiger partial charge in [0.05, 0.1) is 11.8 Å². The molecule has 2 aromatic rings. The topological polar surface area (TPSA) is 35.3 Å². The van der Waals surface area contributed by atoms with Gasteiger partial charge in [-0.2, -0.15) is 18.2 Å². The number of benzene rings is 1. The molecular formula is C10H5ClF3NO2. The quantitative estimate of drug-likeness (QED) is 0.817. The van der Waals surface area contributed by atoms with E-state index >= 15 is 0 Å². The lowest BCUT2D eigenvalue weighted by Gasteiger charge is -2.06. The Bertz CT molecular complexity index is 507. The van der Waals surface area contributed by atoms with Crippen LogP contribution >= 0.6 is 11.6 Å². The fraction of sp³-hybridized carbons (Fsp3) is 0.100. The number of hydrogen-bond acceptors (Lipinski definition) is 3. The van der Waals surface area contributed by atoms with Crippen LogP contribution in [0.3, 0.4) is 0 Å². The van der Waals surface area contributed by atoms with Gasteiger partial charge in [-0.05, 0) is 35.9 Å². The van der Waals surface area contributed by atoms with Crippen molar-refractivity contribution in [1.82, 2.24) is 4.98 Å². The van der Waals surface area contributed by atoms with Crippen molar-refractivity contribution in [2.24, 2.45) is 0 Å². The Kier molecular flexibility index (Phi) is 2.97. The van der Waals surface area contributed by atoms with Gasteiger partial charge in [-0.3, -0.25) is 0 Å². The molecule has 0 aliphatic carbocycles. The van der Waals surface area contributed by atoms with Crippen LogP contribution in [0.1, 0.15) is 5.56 Å². The van der Waals surface area contributed by atoms with E-state index in [0.29, 0.717) is 0 Å². The Morgan fingerprint density at radius 3 is 2.29 bits per heavy atom. The number of ether oxygens (including phenoxy) is 1. The Morgan fingerprint density at radius 1 is 1.18 bits per heavy atom. The molecule has 0 amide bonds. The lowest BCUT2D eigenvalue weighted by Crippen LogP contribution is -2.03. The van der Waals surface area contributed by atoms with Crippen LogP contribution in [0.15, 0.2) is 34.9 Å². The Morgan fingerprint density at radius 2 is 1.82 bits per heavy atom. The third kappa shape index (κ3) is 2.91. The number of alkyl halides is 3. The summed E-state index contributed by atoms with van der Waals surface area (Å²) in [6, 6.07) is 4.14. The predicted molar refractivity (Wildman–Crippen MR) is 53.0 cm³/mol. The largest absolute Gasteiger partial charge is 0.416 e. The Labute approximate surface area is 98.8 Å². The van der Waals surface area contributed by atoms with Gasteiger partial charge in [0.2, 0.25) is 5.22 Å². The van der Waals surface area contributed by atoms with Crippen LogP contribution in [-0.4, -0.2) is 4.98 Å². The molecule has 17 heavy (non-hydrogen) atoms. The van der Waals surface area contributed by atoms with Crippen molar-refractivity contribution in [1.29, 1.82) is 0 Å². The molecule has 0 unspecified atom stereocenters. The van der Waals surface area contributed by atoms with Crippen molar-refractivity contribution in [3.8, 4) is 11.8 Å². The van der Waals surface area contributed by atoms with E-state index in [0.717, 1.165) is 12.1 Å². The normalized spacial score (nSPS) is 11.5. The summed E-state index contributed by atoms with van der Waals surface area (Å²) in [7, 11) is 0. The molecule has 90 valence electrons.